The van der Waals surface area contributed by atoms with Crippen LogP contribution in [0.1, 0.15) is 76.0 Å². The van der Waals surface area contributed by atoms with Crippen LogP contribution in [0, 0.1) is 24.7 Å². The highest BCUT2D eigenvalue weighted by Gasteiger charge is 2.48. The van der Waals surface area contributed by atoms with E-state index in [2.05, 4.69) is 0 Å². The van der Waals surface area contributed by atoms with Gasteiger partial charge >= 0.3 is 0 Å². The van der Waals surface area contributed by atoms with Crippen molar-refractivity contribution in [2.45, 2.75) is 73.1 Å². The standard InChI is InChI=1S/C28H30O5/c1-14-7-15(2)22-19(8-14)32-13-16(26(22)31)23-24-17(29)9-27(3,4)11-20(24)33-21-12-28(5,6)10-18(30)25(21)23/h7-8,13,23H,9-12H2,1-6H3. The molecule has 5 heteroatoms. The Bertz CT molecular complexity index is 1310. The van der Waals surface area contributed by atoms with Crippen LogP contribution in [0.5, 0.6) is 0 Å². The Hall–Kier alpha value is -2.95. The molecule has 2 aliphatic carbocycles. The van der Waals surface area contributed by atoms with Crippen LogP contribution in [0.25, 0.3) is 11.0 Å². The Morgan fingerprint density at radius 2 is 1.36 bits per heavy atom. The van der Waals surface area contributed by atoms with E-state index in [1.165, 1.54) is 6.26 Å². The van der Waals surface area contributed by atoms with Gasteiger partial charge in [-0.3, -0.25) is 14.4 Å². The summed E-state index contributed by atoms with van der Waals surface area (Å²) in [6.07, 6.45) is 3.34. The Balaban J connectivity index is 1.80. The van der Waals surface area contributed by atoms with Gasteiger partial charge in [-0.1, -0.05) is 33.8 Å². The smallest absolute Gasteiger partial charge is 0.197 e. The number of ketones is 2. The fourth-order valence-corrected chi connectivity index (χ4v) is 5.82. The second kappa shape index (κ2) is 7.02. The van der Waals surface area contributed by atoms with E-state index in [9.17, 15) is 14.4 Å². The van der Waals surface area contributed by atoms with Crippen molar-refractivity contribution >= 4 is 22.5 Å². The second-order valence-corrected chi connectivity index (χ2v) is 11.6. The summed E-state index contributed by atoms with van der Waals surface area (Å²) in [5.41, 5.74) is 2.94. The van der Waals surface area contributed by atoms with E-state index >= 15 is 0 Å². The minimum atomic E-state index is -0.739. The number of rotatable bonds is 1. The third-order valence-corrected chi connectivity index (χ3v) is 7.14. The molecule has 0 fully saturated rings. The average molecular weight is 447 g/mol. The summed E-state index contributed by atoms with van der Waals surface area (Å²) < 4.78 is 12.3. The Morgan fingerprint density at radius 3 is 1.91 bits per heavy atom. The van der Waals surface area contributed by atoms with E-state index in [0.29, 0.717) is 64.9 Å². The van der Waals surface area contributed by atoms with Gasteiger partial charge in [0.25, 0.3) is 0 Å². The molecular weight excluding hydrogens is 416 g/mol. The van der Waals surface area contributed by atoms with Gasteiger partial charge < -0.3 is 9.15 Å². The lowest BCUT2D eigenvalue weighted by atomic mass is 9.65. The van der Waals surface area contributed by atoms with Crippen LogP contribution in [0.2, 0.25) is 0 Å². The summed E-state index contributed by atoms with van der Waals surface area (Å²) in [4.78, 5) is 40.6. The number of ether oxygens (including phenoxy) is 1. The topological polar surface area (TPSA) is 73.6 Å². The summed E-state index contributed by atoms with van der Waals surface area (Å²) in [7, 11) is 0. The second-order valence-electron chi connectivity index (χ2n) is 11.6. The molecule has 3 aliphatic rings. The molecular formula is C28H30O5. The van der Waals surface area contributed by atoms with E-state index in [0.717, 1.165) is 11.1 Å². The summed E-state index contributed by atoms with van der Waals surface area (Å²) in [6.45, 7) is 12.0. The van der Waals surface area contributed by atoms with Crippen LogP contribution in [-0.2, 0) is 14.3 Å². The molecule has 5 rings (SSSR count). The zero-order valence-electron chi connectivity index (χ0n) is 20.2. The van der Waals surface area contributed by atoms with Gasteiger partial charge in [-0.25, -0.2) is 0 Å². The molecule has 0 N–H and O–H groups in total. The molecule has 2 aromatic rings. The first kappa shape index (κ1) is 21.9. The lowest BCUT2D eigenvalue weighted by Crippen LogP contribution is -2.38. The molecule has 5 nitrogen and oxygen atoms in total. The molecule has 1 aromatic carbocycles. The maximum absolute atomic E-state index is 13.8. The monoisotopic (exact) mass is 446 g/mol. The van der Waals surface area contributed by atoms with Crippen molar-refractivity contribution in [1.29, 1.82) is 0 Å². The number of allylic oxidation sites excluding steroid dienone is 4. The molecule has 0 bridgehead atoms. The number of Topliss-reactive ketones (excluding diaryl/α,β-unsaturated/α-hetero) is 2. The number of benzene rings is 1. The minimum Gasteiger partial charge on any atom is -0.465 e. The quantitative estimate of drug-likeness (QED) is 0.553. The zero-order valence-corrected chi connectivity index (χ0v) is 20.2. The third-order valence-electron chi connectivity index (χ3n) is 7.14. The highest BCUT2D eigenvalue weighted by atomic mass is 16.5. The number of hydrogen-bond donors (Lipinski definition) is 0. The Labute approximate surface area is 193 Å². The molecule has 0 radical (unpaired) electrons. The van der Waals surface area contributed by atoms with Crippen molar-refractivity contribution in [2.75, 3.05) is 0 Å². The number of carbonyl (C=O) groups excluding carboxylic acids is 2. The normalized spacial score (nSPS) is 22.4. The minimum absolute atomic E-state index is 0.0597. The molecule has 1 aromatic heterocycles. The molecule has 0 unspecified atom stereocenters. The van der Waals surface area contributed by atoms with Crippen molar-refractivity contribution in [3.63, 3.8) is 0 Å². The van der Waals surface area contributed by atoms with Crippen LogP contribution >= 0.6 is 0 Å². The molecule has 0 saturated heterocycles. The molecule has 33 heavy (non-hydrogen) atoms. The van der Waals surface area contributed by atoms with Gasteiger partial charge in [-0.05, 0) is 41.9 Å². The molecule has 1 aliphatic heterocycles. The Morgan fingerprint density at radius 1 is 0.818 bits per heavy atom. The Kier molecular flexibility index (Phi) is 4.65. The van der Waals surface area contributed by atoms with E-state index in [4.69, 9.17) is 9.15 Å². The van der Waals surface area contributed by atoms with Gasteiger partial charge in [0.1, 0.15) is 17.1 Å². The number of aryl methyl sites for hydroxylation is 2. The van der Waals surface area contributed by atoms with Crippen LogP contribution in [-0.4, -0.2) is 11.6 Å². The average Bonchev–Trinajstić information content (AvgIpc) is 2.64. The molecule has 0 saturated carbocycles. The molecule has 172 valence electrons. The highest BCUT2D eigenvalue weighted by molar-refractivity contribution is 6.06. The first-order valence-electron chi connectivity index (χ1n) is 11.6. The number of hydrogen-bond acceptors (Lipinski definition) is 5. The van der Waals surface area contributed by atoms with Crippen LogP contribution in [0.15, 0.2) is 50.3 Å². The number of fused-ring (bicyclic) bond motifs is 1. The zero-order chi connectivity index (χ0) is 23.9. The largest absolute Gasteiger partial charge is 0.465 e. The maximum atomic E-state index is 13.8. The molecule has 0 spiro atoms. The van der Waals surface area contributed by atoms with Gasteiger partial charge in [0.15, 0.2) is 17.0 Å². The van der Waals surface area contributed by atoms with Gasteiger partial charge in [0, 0.05) is 42.4 Å². The van der Waals surface area contributed by atoms with Crippen molar-refractivity contribution in [1.82, 2.24) is 0 Å². The lowest BCUT2D eigenvalue weighted by Gasteiger charge is -2.42. The van der Waals surface area contributed by atoms with Crippen LogP contribution in [0.3, 0.4) is 0 Å². The summed E-state index contributed by atoms with van der Waals surface area (Å²) in [5.74, 6) is 0.347. The fraction of sp³-hybridized carbons (Fsp3) is 0.464. The number of carbonyl (C=O) groups is 2. The predicted molar refractivity (Wildman–Crippen MR) is 126 cm³/mol. The SMILES string of the molecule is Cc1cc(C)c2c(=O)c(C3C4=C(CC(C)(C)CC4=O)OC4=C3C(=O)CC(C)(C)C4)coc2c1. The van der Waals surface area contributed by atoms with Crippen LogP contribution < -0.4 is 5.43 Å². The van der Waals surface area contributed by atoms with Crippen molar-refractivity contribution in [2.24, 2.45) is 10.8 Å². The molecule has 2 heterocycles. The first-order valence-corrected chi connectivity index (χ1v) is 11.6. The van der Waals surface area contributed by atoms with Crippen molar-refractivity contribution in [3.8, 4) is 0 Å². The maximum Gasteiger partial charge on any atom is 0.197 e. The van der Waals surface area contributed by atoms with E-state index in [-0.39, 0.29) is 27.8 Å². The summed E-state index contributed by atoms with van der Waals surface area (Å²) in [6, 6.07) is 3.79. The van der Waals surface area contributed by atoms with Crippen molar-refractivity contribution in [3.05, 3.63) is 68.0 Å². The molecule has 0 amide bonds. The third kappa shape index (κ3) is 3.49. The predicted octanol–water partition coefficient (Wildman–Crippen LogP) is 5.81. The van der Waals surface area contributed by atoms with E-state index < -0.39 is 5.92 Å². The van der Waals surface area contributed by atoms with Gasteiger partial charge in [0.2, 0.25) is 0 Å². The van der Waals surface area contributed by atoms with Crippen molar-refractivity contribution < 1.29 is 18.7 Å². The van der Waals surface area contributed by atoms with Gasteiger partial charge in [-0.15, -0.1) is 0 Å². The summed E-state index contributed by atoms with van der Waals surface area (Å²) in [5, 5.41) is 0.501. The lowest BCUT2D eigenvalue weighted by molar-refractivity contribution is -0.120. The van der Waals surface area contributed by atoms with E-state index in [1.807, 2.05) is 53.7 Å². The summed E-state index contributed by atoms with van der Waals surface area (Å²) >= 11 is 0. The first-order chi connectivity index (χ1) is 15.4. The van der Waals surface area contributed by atoms with Gasteiger partial charge in [0.05, 0.1) is 17.6 Å². The van der Waals surface area contributed by atoms with E-state index in [1.54, 1.807) is 0 Å². The fourth-order valence-electron chi connectivity index (χ4n) is 5.82. The molecule has 0 atom stereocenters. The highest BCUT2D eigenvalue weighted by Crippen LogP contribution is 2.52. The van der Waals surface area contributed by atoms with Gasteiger partial charge in [-0.2, -0.15) is 0 Å². The van der Waals surface area contributed by atoms with Crippen LogP contribution in [0.4, 0.5) is 0 Å².